The molecule has 4 aromatic rings. The Morgan fingerprint density at radius 1 is 0.735 bits per heavy atom. The molecule has 0 heterocycles. The lowest BCUT2D eigenvalue weighted by atomic mass is 9.97. The van der Waals surface area contributed by atoms with Crippen LogP contribution in [0.5, 0.6) is 0 Å². The van der Waals surface area contributed by atoms with E-state index in [1.54, 1.807) is 6.07 Å². The van der Waals surface area contributed by atoms with Gasteiger partial charge in [0.25, 0.3) is 5.91 Å². The summed E-state index contributed by atoms with van der Waals surface area (Å²) in [7, 11) is 0. The van der Waals surface area contributed by atoms with Crippen molar-refractivity contribution < 1.29 is 9.59 Å². The Morgan fingerprint density at radius 2 is 1.44 bits per heavy atom. The molecule has 4 heteroatoms. The topological polar surface area (TPSA) is 46.2 Å². The number of rotatable bonds is 10. The van der Waals surface area contributed by atoms with Gasteiger partial charge in [0.2, 0.25) is 0 Å². The highest BCUT2D eigenvalue weighted by atomic mass is 35.5. The minimum absolute atomic E-state index is 0.0529. The van der Waals surface area contributed by atoms with Crippen LogP contribution in [0, 0.1) is 0 Å². The van der Waals surface area contributed by atoms with E-state index in [4.69, 9.17) is 11.6 Å². The van der Waals surface area contributed by atoms with Gasteiger partial charge in [-0.2, -0.15) is 0 Å². The zero-order valence-electron chi connectivity index (χ0n) is 19.0. The van der Waals surface area contributed by atoms with Crippen LogP contribution in [0.3, 0.4) is 0 Å². The zero-order chi connectivity index (χ0) is 23.8. The highest BCUT2D eigenvalue weighted by Crippen LogP contribution is 2.17. The van der Waals surface area contributed by atoms with Crippen LogP contribution >= 0.6 is 11.6 Å². The van der Waals surface area contributed by atoms with Crippen LogP contribution in [0.1, 0.15) is 40.7 Å². The molecule has 1 N–H and O–H groups in total. The van der Waals surface area contributed by atoms with Gasteiger partial charge in [-0.05, 0) is 71.8 Å². The van der Waals surface area contributed by atoms with E-state index in [1.807, 2.05) is 78.9 Å². The van der Waals surface area contributed by atoms with Crippen LogP contribution < -0.4 is 5.32 Å². The number of amides is 1. The van der Waals surface area contributed by atoms with Gasteiger partial charge in [-0.3, -0.25) is 9.59 Å². The molecule has 0 aliphatic rings. The summed E-state index contributed by atoms with van der Waals surface area (Å²) in [6, 6.07) is 30.7. The summed E-state index contributed by atoms with van der Waals surface area (Å²) < 4.78 is 0. The van der Waals surface area contributed by atoms with Crippen molar-refractivity contribution in [1.82, 2.24) is 5.32 Å². The molecule has 0 aromatic heterocycles. The number of carbonyl (C=O) groups is 2. The average molecular weight is 470 g/mol. The Balaban J connectivity index is 1.43. The lowest BCUT2D eigenvalue weighted by Gasteiger charge is -2.18. The first-order chi connectivity index (χ1) is 16.6. The maximum Gasteiger partial charge on any atom is 0.251 e. The Kier molecular flexibility index (Phi) is 8.11. The van der Waals surface area contributed by atoms with Crippen molar-refractivity contribution in [2.24, 2.45) is 0 Å². The fourth-order valence-electron chi connectivity index (χ4n) is 4.12. The van der Waals surface area contributed by atoms with Crippen LogP contribution in [0.15, 0.2) is 97.1 Å². The molecule has 4 aromatic carbocycles. The number of halogens is 1. The first kappa shape index (κ1) is 23.7. The molecule has 0 saturated heterocycles. The van der Waals surface area contributed by atoms with E-state index in [2.05, 4.69) is 17.4 Å². The van der Waals surface area contributed by atoms with E-state index in [1.165, 1.54) is 5.56 Å². The molecule has 0 unspecified atom stereocenters. The smallest absolute Gasteiger partial charge is 0.251 e. The second-order valence-electron chi connectivity index (χ2n) is 8.58. The van der Waals surface area contributed by atoms with Gasteiger partial charge in [-0.1, -0.05) is 84.4 Å². The third-order valence-electron chi connectivity index (χ3n) is 6.04. The van der Waals surface area contributed by atoms with Crippen molar-refractivity contribution in [2.75, 3.05) is 0 Å². The van der Waals surface area contributed by atoms with Gasteiger partial charge in [0.05, 0.1) is 6.04 Å². The molecule has 0 aliphatic heterocycles. The third kappa shape index (κ3) is 6.55. The molecular weight excluding hydrogens is 442 g/mol. The number of benzene rings is 4. The molecule has 0 bridgehead atoms. The van der Waals surface area contributed by atoms with E-state index in [0.29, 0.717) is 23.4 Å². The number of fused-ring (bicyclic) bond motifs is 1. The SMILES string of the molecule is O=C(N[C@@H](Cc1ccc(Cl)cc1)C(=O)CCCCc1ccccc1)c1ccc2ccccc2c1. The zero-order valence-corrected chi connectivity index (χ0v) is 19.8. The highest BCUT2D eigenvalue weighted by molar-refractivity contribution is 6.30. The van der Waals surface area contributed by atoms with E-state index in [9.17, 15) is 9.59 Å². The summed E-state index contributed by atoms with van der Waals surface area (Å²) in [5.74, 6) is -0.181. The fourth-order valence-corrected chi connectivity index (χ4v) is 4.25. The number of hydrogen-bond acceptors (Lipinski definition) is 2. The van der Waals surface area contributed by atoms with Crippen LogP contribution in [-0.4, -0.2) is 17.7 Å². The molecule has 3 nitrogen and oxygen atoms in total. The molecule has 4 rings (SSSR count). The van der Waals surface area contributed by atoms with Gasteiger partial charge in [-0.15, -0.1) is 0 Å². The maximum absolute atomic E-state index is 13.2. The largest absolute Gasteiger partial charge is 0.342 e. The predicted molar refractivity (Wildman–Crippen MR) is 139 cm³/mol. The molecule has 1 atom stereocenters. The first-order valence-corrected chi connectivity index (χ1v) is 12.1. The molecule has 34 heavy (non-hydrogen) atoms. The monoisotopic (exact) mass is 469 g/mol. The molecule has 0 spiro atoms. The lowest BCUT2D eigenvalue weighted by Crippen LogP contribution is -2.42. The summed E-state index contributed by atoms with van der Waals surface area (Å²) in [5, 5.41) is 5.72. The number of Topliss-reactive ketones (excluding diaryl/α,β-unsaturated/α-hetero) is 1. The number of aryl methyl sites for hydroxylation is 1. The predicted octanol–water partition coefficient (Wildman–Crippen LogP) is 6.82. The van der Waals surface area contributed by atoms with Crippen LogP contribution in [0.4, 0.5) is 0 Å². The number of ketones is 1. The van der Waals surface area contributed by atoms with Crippen LogP contribution in [0.25, 0.3) is 10.8 Å². The summed E-state index contributed by atoms with van der Waals surface area (Å²) in [6.07, 6.45) is 3.54. The van der Waals surface area contributed by atoms with Crippen molar-refractivity contribution in [3.8, 4) is 0 Å². The summed E-state index contributed by atoms with van der Waals surface area (Å²) in [5.41, 5.74) is 2.79. The Bertz CT molecular complexity index is 1250. The van der Waals surface area contributed by atoms with Crippen molar-refractivity contribution in [3.05, 3.63) is 119 Å². The minimum Gasteiger partial charge on any atom is -0.342 e. The number of unbranched alkanes of at least 4 members (excludes halogenated alkanes) is 1. The molecule has 0 saturated carbocycles. The second-order valence-corrected chi connectivity index (χ2v) is 9.01. The molecular formula is C30H28ClNO2. The number of hydrogen-bond donors (Lipinski definition) is 1. The standard InChI is InChI=1S/C30H28ClNO2/c31-27-18-14-23(15-19-27)20-28(29(33)13-7-4-10-22-8-2-1-3-9-22)32-30(34)26-17-16-24-11-5-6-12-25(24)21-26/h1-3,5-6,8-9,11-12,14-19,21,28H,4,7,10,13,20H2,(H,32,34)/t28-/m0/s1. The van der Waals surface area contributed by atoms with Crippen molar-refractivity contribution >= 4 is 34.1 Å². The normalized spacial score (nSPS) is 11.8. The number of nitrogens with one attached hydrogen (secondary N) is 1. The van der Waals surface area contributed by atoms with Gasteiger partial charge in [0.1, 0.15) is 0 Å². The number of carbonyl (C=O) groups excluding carboxylic acids is 2. The van der Waals surface area contributed by atoms with Gasteiger partial charge >= 0.3 is 0 Å². The molecule has 0 aliphatic carbocycles. The van der Waals surface area contributed by atoms with Crippen molar-refractivity contribution in [2.45, 2.75) is 38.1 Å². The van der Waals surface area contributed by atoms with Gasteiger partial charge < -0.3 is 5.32 Å². The summed E-state index contributed by atoms with van der Waals surface area (Å²) in [4.78, 5) is 26.2. The average Bonchev–Trinajstić information content (AvgIpc) is 2.87. The molecule has 0 radical (unpaired) electrons. The molecule has 0 fully saturated rings. The first-order valence-electron chi connectivity index (χ1n) is 11.7. The van der Waals surface area contributed by atoms with E-state index >= 15 is 0 Å². The summed E-state index contributed by atoms with van der Waals surface area (Å²) >= 11 is 6.02. The summed E-state index contributed by atoms with van der Waals surface area (Å²) in [6.45, 7) is 0. The minimum atomic E-state index is -0.586. The highest BCUT2D eigenvalue weighted by Gasteiger charge is 2.22. The third-order valence-corrected chi connectivity index (χ3v) is 6.29. The van der Waals surface area contributed by atoms with Crippen LogP contribution in [-0.2, 0) is 17.6 Å². The van der Waals surface area contributed by atoms with Gasteiger partial charge in [-0.25, -0.2) is 0 Å². The quantitative estimate of drug-likeness (QED) is 0.259. The van der Waals surface area contributed by atoms with Gasteiger partial charge in [0.15, 0.2) is 5.78 Å². The Hall–Kier alpha value is -3.43. The van der Waals surface area contributed by atoms with E-state index in [0.717, 1.165) is 35.6 Å². The maximum atomic E-state index is 13.2. The lowest BCUT2D eigenvalue weighted by molar-refractivity contribution is -0.121. The Labute approximate surface area is 205 Å². The second kappa shape index (κ2) is 11.6. The van der Waals surface area contributed by atoms with Crippen LogP contribution in [0.2, 0.25) is 5.02 Å². The van der Waals surface area contributed by atoms with E-state index < -0.39 is 6.04 Å². The van der Waals surface area contributed by atoms with Gasteiger partial charge in [0, 0.05) is 17.0 Å². The molecule has 172 valence electrons. The van der Waals surface area contributed by atoms with Crippen molar-refractivity contribution in [3.63, 3.8) is 0 Å². The fraction of sp³-hybridized carbons (Fsp3) is 0.200. The van der Waals surface area contributed by atoms with E-state index in [-0.39, 0.29) is 11.7 Å². The Morgan fingerprint density at radius 3 is 2.21 bits per heavy atom. The molecule has 1 amide bonds. The van der Waals surface area contributed by atoms with Crippen molar-refractivity contribution in [1.29, 1.82) is 0 Å².